The number of aromatic carboxylic acids is 1. The van der Waals surface area contributed by atoms with Gasteiger partial charge in [0.15, 0.2) is 4.88 Å². The van der Waals surface area contributed by atoms with E-state index in [2.05, 4.69) is 0 Å². The van der Waals surface area contributed by atoms with E-state index in [-0.39, 0.29) is 23.1 Å². The highest BCUT2D eigenvalue weighted by atomic mass is 35.5. The summed E-state index contributed by atoms with van der Waals surface area (Å²) in [5, 5.41) is 8.93. The van der Waals surface area contributed by atoms with E-state index in [1.165, 1.54) is 18.2 Å². The van der Waals surface area contributed by atoms with E-state index in [1.54, 1.807) is 12.1 Å². The highest BCUT2D eigenvalue weighted by Gasteiger charge is 2.16. The van der Waals surface area contributed by atoms with E-state index >= 15 is 0 Å². The highest BCUT2D eigenvalue weighted by Crippen LogP contribution is 2.33. The van der Waals surface area contributed by atoms with Crippen LogP contribution in [-0.2, 0) is 6.61 Å². The van der Waals surface area contributed by atoms with Crippen molar-refractivity contribution in [1.82, 2.24) is 0 Å². The molecule has 0 aliphatic rings. The third-order valence-electron chi connectivity index (χ3n) is 2.15. The van der Waals surface area contributed by atoms with Gasteiger partial charge in [-0.25, -0.2) is 9.18 Å². The van der Waals surface area contributed by atoms with Gasteiger partial charge in [-0.1, -0.05) is 23.7 Å². The van der Waals surface area contributed by atoms with Gasteiger partial charge in [-0.15, -0.1) is 11.3 Å². The van der Waals surface area contributed by atoms with Crippen LogP contribution in [-0.4, -0.2) is 11.1 Å². The van der Waals surface area contributed by atoms with Gasteiger partial charge in [-0.05, 0) is 17.7 Å². The van der Waals surface area contributed by atoms with Gasteiger partial charge in [-0.2, -0.15) is 0 Å². The number of hydrogen-bond acceptors (Lipinski definition) is 3. The Balaban J connectivity index is 2.13. The zero-order valence-electron chi connectivity index (χ0n) is 9.02. The summed E-state index contributed by atoms with van der Waals surface area (Å²) in [5.41, 5.74) is 0.619. The summed E-state index contributed by atoms with van der Waals surface area (Å²) in [5.74, 6) is -1.26. The molecule has 3 nitrogen and oxygen atoms in total. The van der Waals surface area contributed by atoms with Gasteiger partial charge in [0.25, 0.3) is 0 Å². The molecule has 1 heterocycles. The first-order valence-corrected chi connectivity index (χ1v) is 6.15. The molecule has 0 saturated carbocycles. The molecule has 0 radical (unpaired) electrons. The van der Waals surface area contributed by atoms with Crippen molar-refractivity contribution < 1.29 is 19.0 Å². The number of carboxylic acid groups (broad SMARTS) is 1. The van der Waals surface area contributed by atoms with Crippen molar-refractivity contribution >= 4 is 28.9 Å². The van der Waals surface area contributed by atoms with Crippen LogP contribution in [0.5, 0.6) is 5.75 Å². The fourth-order valence-corrected chi connectivity index (χ4v) is 2.39. The summed E-state index contributed by atoms with van der Waals surface area (Å²) >= 11 is 6.66. The molecule has 0 aliphatic heterocycles. The second kappa shape index (κ2) is 5.37. The molecule has 0 unspecified atom stereocenters. The Morgan fingerprint density at radius 1 is 1.44 bits per heavy atom. The van der Waals surface area contributed by atoms with Crippen LogP contribution in [0.1, 0.15) is 15.2 Å². The van der Waals surface area contributed by atoms with Gasteiger partial charge in [-0.3, -0.25) is 0 Å². The second-order valence-corrected chi connectivity index (χ2v) is 5.15. The molecule has 0 fully saturated rings. The molecule has 0 spiro atoms. The Hall–Kier alpha value is -1.59. The Labute approximate surface area is 111 Å². The smallest absolute Gasteiger partial charge is 0.349 e. The van der Waals surface area contributed by atoms with Crippen LogP contribution in [0, 0.1) is 5.82 Å². The van der Waals surface area contributed by atoms with Crippen LogP contribution in [0.2, 0.25) is 4.34 Å². The molecule has 1 aromatic carbocycles. The molecule has 0 aliphatic carbocycles. The highest BCUT2D eigenvalue weighted by molar-refractivity contribution is 7.18. The van der Waals surface area contributed by atoms with Crippen molar-refractivity contribution in [1.29, 1.82) is 0 Å². The number of benzene rings is 1. The lowest BCUT2D eigenvalue weighted by atomic mass is 10.2. The van der Waals surface area contributed by atoms with Gasteiger partial charge in [0.1, 0.15) is 18.2 Å². The standard InChI is InChI=1S/C12H8ClFO3S/c13-10-5-9(11(18-10)12(15)16)17-6-7-2-1-3-8(14)4-7/h1-5H,6H2,(H,15,16). The monoisotopic (exact) mass is 286 g/mol. The van der Waals surface area contributed by atoms with E-state index in [1.807, 2.05) is 0 Å². The molecule has 0 atom stereocenters. The number of rotatable bonds is 4. The quantitative estimate of drug-likeness (QED) is 0.929. The SMILES string of the molecule is O=C(O)c1sc(Cl)cc1OCc1cccc(F)c1. The summed E-state index contributed by atoms with van der Waals surface area (Å²) in [6.45, 7) is 0.0884. The van der Waals surface area contributed by atoms with E-state index in [0.717, 1.165) is 11.3 Å². The average Bonchev–Trinajstić information content (AvgIpc) is 2.68. The van der Waals surface area contributed by atoms with Crippen LogP contribution in [0.3, 0.4) is 0 Å². The lowest BCUT2D eigenvalue weighted by molar-refractivity contribution is 0.0697. The van der Waals surface area contributed by atoms with Crippen molar-refractivity contribution in [3.8, 4) is 5.75 Å². The number of carboxylic acids is 1. The van der Waals surface area contributed by atoms with E-state index in [9.17, 15) is 9.18 Å². The predicted molar refractivity (Wildman–Crippen MR) is 67.0 cm³/mol. The van der Waals surface area contributed by atoms with Crippen molar-refractivity contribution in [3.05, 3.63) is 50.9 Å². The van der Waals surface area contributed by atoms with Gasteiger partial charge < -0.3 is 9.84 Å². The number of carbonyl (C=O) groups is 1. The summed E-state index contributed by atoms with van der Waals surface area (Å²) in [6, 6.07) is 7.35. The van der Waals surface area contributed by atoms with Crippen molar-refractivity contribution in [2.75, 3.05) is 0 Å². The van der Waals surface area contributed by atoms with E-state index < -0.39 is 5.97 Å². The Bertz CT molecular complexity index is 582. The molecule has 6 heteroatoms. The maximum atomic E-state index is 12.9. The summed E-state index contributed by atoms with van der Waals surface area (Å²) in [7, 11) is 0. The molecule has 0 amide bonds. The number of hydrogen-bond donors (Lipinski definition) is 1. The molecule has 0 saturated heterocycles. The van der Waals surface area contributed by atoms with Crippen molar-refractivity contribution in [2.45, 2.75) is 6.61 Å². The Morgan fingerprint density at radius 3 is 2.89 bits per heavy atom. The number of ether oxygens (including phenoxy) is 1. The first kappa shape index (κ1) is 12.9. The maximum Gasteiger partial charge on any atom is 0.349 e. The molecule has 18 heavy (non-hydrogen) atoms. The normalized spacial score (nSPS) is 10.3. The first-order chi connectivity index (χ1) is 8.56. The van der Waals surface area contributed by atoms with Crippen LogP contribution >= 0.6 is 22.9 Å². The van der Waals surface area contributed by atoms with E-state index in [4.69, 9.17) is 21.4 Å². The maximum absolute atomic E-state index is 12.9. The van der Waals surface area contributed by atoms with Gasteiger partial charge in [0.05, 0.1) is 4.34 Å². The van der Waals surface area contributed by atoms with Gasteiger partial charge in [0, 0.05) is 6.07 Å². The van der Waals surface area contributed by atoms with E-state index in [0.29, 0.717) is 9.90 Å². The summed E-state index contributed by atoms with van der Waals surface area (Å²) in [6.07, 6.45) is 0. The van der Waals surface area contributed by atoms with Gasteiger partial charge >= 0.3 is 5.97 Å². The number of thiophene rings is 1. The minimum Gasteiger partial charge on any atom is -0.487 e. The van der Waals surface area contributed by atoms with Crippen molar-refractivity contribution in [3.63, 3.8) is 0 Å². The van der Waals surface area contributed by atoms with Crippen LogP contribution < -0.4 is 4.74 Å². The van der Waals surface area contributed by atoms with Crippen LogP contribution in [0.4, 0.5) is 4.39 Å². The lowest BCUT2D eigenvalue weighted by Crippen LogP contribution is -2.00. The van der Waals surface area contributed by atoms with Crippen LogP contribution in [0.15, 0.2) is 30.3 Å². The first-order valence-electron chi connectivity index (χ1n) is 4.96. The molecule has 2 aromatic rings. The van der Waals surface area contributed by atoms with Crippen molar-refractivity contribution in [2.24, 2.45) is 0 Å². The molecule has 1 aromatic heterocycles. The largest absolute Gasteiger partial charge is 0.487 e. The minimum atomic E-state index is -1.10. The van der Waals surface area contributed by atoms with Gasteiger partial charge in [0.2, 0.25) is 0 Å². The second-order valence-electron chi connectivity index (χ2n) is 3.47. The molecular formula is C12H8ClFO3S. The molecular weight excluding hydrogens is 279 g/mol. The zero-order chi connectivity index (χ0) is 13.1. The predicted octanol–water partition coefficient (Wildman–Crippen LogP) is 3.82. The number of halogens is 2. The summed E-state index contributed by atoms with van der Waals surface area (Å²) in [4.78, 5) is 11.0. The fraction of sp³-hybridized carbons (Fsp3) is 0.0833. The Morgan fingerprint density at radius 2 is 2.22 bits per heavy atom. The molecule has 0 bridgehead atoms. The fourth-order valence-electron chi connectivity index (χ4n) is 1.39. The van der Waals surface area contributed by atoms with Crippen LogP contribution in [0.25, 0.3) is 0 Å². The molecule has 1 N–H and O–H groups in total. The average molecular weight is 287 g/mol. The molecule has 94 valence electrons. The topological polar surface area (TPSA) is 46.5 Å². The third kappa shape index (κ3) is 3.00. The third-order valence-corrected chi connectivity index (χ3v) is 3.38. The lowest BCUT2D eigenvalue weighted by Gasteiger charge is -2.05. The Kier molecular flexibility index (Phi) is 3.84. The minimum absolute atomic E-state index is 0.0383. The molecule has 2 rings (SSSR count). The zero-order valence-corrected chi connectivity index (χ0v) is 10.6. The summed E-state index contributed by atoms with van der Waals surface area (Å²) < 4.78 is 18.6.